The van der Waals surface area contributed by atoms with E-state index in [2.05, 4.69) is 10.3 Å². The van der Waals surface area contributed by atoms with E-state index in [1.54, 1.807) is 24.3 Å². The van der Waals surface area contributed by atoms with E-state index in [0.29, 0.717) is 11.3 Å². The Balaban J connectivity index is 1.60. The fraction of sp³-hybridized carbons (Fsp3) is 0.222. The summed E-state index contributed by atoms with van der Waals surface area (Å²) in [6.07, 6.45) is 0. The molecule has 2 amide bonds. The summed E-state index contributed by atoms with van der Waals surface area (Å²) in [7, 11) is 0. The van der Waals surface area contributed by atoms with Crippen molar-refractivity contribution >= 4 is 17.5 Å². The lowest BCUT2D eigenvalue weighted by atomic mass is 10.1. The minimum atomic E-state index is -0.845. The smallest absolute Gasteiger partial charge is 0.263 e. The Bertz CT molecular complexity index is 881. The Morgan fingerprint density at radius 3 is 2.56 bits per heavy atom. The van der Waals surface area contributed by atoms with Crippen molar-refractivity contribution in [2.24, 2.45) is 10.3 Å². The first-order valence-corrected chi connectivity index (χ1v) is 7.91. The molecule has 0 spiro atoms. The van der Waals surface area contributed by atoms with Crippen molar-refractivity contribution in [3.63, 3.8) is 0 Å². The maximum absolute atomic E-state index is 13.4. The van der Waals surface area contributed by atoms with Crippen molar-refractivity contribution < 1.29 is 14.0 Å². The Kier molecular flexibility index (Phi) is 3.56. The zero-order valence-electron chi connectivity index (χ0n) is 13.5. The molecule has 0 aliphatic carbocycles. The predicted molar refractivity (Wildman–Crippen MR) is 88.0 cm³/mol. The molecule has 1 fully saturated rings. The van der Waals surface area contributed by atoms with Crippen molar-refractivity contribution in [1.29, 1.82) is 0 Å². The zero-order chi connectivity index (χ0) is 17.6. The van der Waals surface area contributed by atoms with Crippen LogP contribution < -0.4 is 4.90 Å². The highest BCUT2D eigenvalue weighted by Crippen LogP contribution is 2.32. The molecule has 2 aromatic carbocycles. The van der Waals surface area contributed by atoms with Gasteiger partial charge >= 0.3 is 0 Å². The van der Waals surface area contributed by atoms with E-state index in [9.17, 15) is 14.0 Å². The molecule has 6 nitrogen and oxygen atoms in total. The van der Waals surface area contributed by atoms with Crippen LogP contribution in [0.15, 0.2) is 58.9 Å². The summed E-state index contributed by atoms with van der Waals surface area (Å²) in [5.74, 6) is -1.11. The fourth-order valence-electron chi connectivity index (χ4n) is 3.12. The number of nitrogens with zero attached hydrogens (tertiary/aromatic N) is 4. The number of imide groups is 1. The monoisotopic (exact) mass is 338 g/mol. The molecule has 2 aromatic rings. The molecule has 1 saturated heterocycles. The van der Waals surface area contributed by atoms with Gasteiger partial charge in [0.15, 0.2) is 12.1 Å². The minimum absolute atomic E-state index is 0.211. The molecule has 2 atom stereocenters. The third kappa shape index (κ3) is 2.57. The van der Waals surface area contributed by atoms with Gasteiger partial charge in [0.25, 0.3) is 11.8 Å². The molecule has 2 heterocycles. The summed E-state index contributed by atoms with van der Waals surface area (Å²) in [5, 5.41) is 9.38. The van der Waals surface area contributed by atoms with Gasteiger partial charge in [-0.25, -0.2) is 9.29 Å². The number of carbonyl (C=O) groups is 2. The number of aryl methyl sites for hydroxylation is 1. The molecular formula is C18H15FN4O2. The van der Waals surface area contributed by atoms with E-state index in [1.165, 1.54) is 17.1 Å². The number of amides is 2. The fourth-order valence-corrected chi connectivity index (χ4v) is 3.12. The first-order valence-electron chi connectivity index (χ1n) is 7.91. The van der Waals surface area contributed by atoms with Gasteiger partial charge in [-0.15, -0.1) is 0 Å². The van der Waals surface area contributed by atoms with Crippen LogP contribution in [0.25, 0.3) is 0 Å². The van der Waals surface area contributed by atoms with Crippen LogP contribution in [0.5, 0.6) is 0 Å². The molecule has 2 aliphatic heterocycles. The van der Waals surface area contributed by atoms with E-state index in [0.717, 1.165) is 10.5 Å². The number of anilines is 1. The van der Waals surface area contributed by atoms with Gasteiger partial charge in [-0.05, 0) is 36.8 Å². The summed E-state index contributed by atoms with van der Waals surface area (Å²) >= 11 is 0. The SMILES string of the molecule is Cc1ccc(N2C(=O)[C@@H]3[C@@H](N=NN3Cc3cccc(F)c3)C2=O)cc1. The highest BCUT2D eigenvalue weighted by Gasteiger charge is 2.54. The average Bonchev–Trinajstić information content (AvgIpc) is 3.10. The number of carbonyl (C=O) groups excluding carboxylic acids is 2. The summed E-state index contributed by atoms with van der Waals surface area (Å²) in [6.45, 7) is 2.14. The van der Waals surface area contributed by atoms with Crippen LogP contribution in [-0.4, -0.2) is 28.9 Å². The second kappa shape index (κ2) is 5.77. The van der Waals surface area contributed by atoms with Crippen LogP contribution in [0.1, 0.15) is 11.1 Å². The summed E-state index contributed by atoms with van der Waals surface area (Å²) in [5.41, 5.74) is 2.22. The Hall–Kier alpha value is -3.09. The van der Waals surface area contributed by atoms with Crippen LogP contribution in [0.4, 0.5) is 10.1 Å². The minimum Gasteiger partial charge on any atom is -0.271 e. The maximum atomic E-state index is 13.4. The average molecular weight is 338 g/mol. The lowest BCUT2D eigenvalue weighted by Crippen LogP contribution is -2.39. The van der Waals surface area contributed by atoms with Gasteiger partial charge in [0.1, 0.15) is 5.82 Å². The number of hydrogen-bond donors (Lipinski definition) is 0. The van der Waals surface area contributed by atoms with Gasteiger partial charge in [-0.1, -0.05) is 35.1 Å². The lowest BCUT2D eigenvalue weighted by molar-refractivity contribution is -0.123. The van der Waals surface area contributed by atoms with Crippen LogP contribution in [0.3, 0.4) is 0 Å². The summed E-state index contributed by atoms with van der Waals surface area (Å²) in [6, 6.07) is 11.6. The van der Waals surface area contributed by atoms with Gasteiger partial charge in [0, 0.05) is 0 Å². The Morgan fingerprint density at radius 2 is 1.84 bits per heavy atom. The zero-order valence-corrected chi connectivity index (χ0v) is 13.5. The molecule has 0 radical (unpaired) electrons. The third-order valence-corrected chi connectivity index (χ3v) is 4.38. The van der Waals surface area contributed by atoms with Gasteiger partial charge in [-0.2, -0.15) is 5.11 Å². The number of halogens is 1. The number of fused-ring (bicyclic) bond motifs is 1. The highest BCUT2D eigenvalue weighted by atomic mass is 19.1. The van der Waals surface area contributed by atoms with Crippen LogP contribution in [0, 0.1) is 12.7 Å². The van der Waals surface area contributed by atoms with Gasteiger partial charge in [0.2, 0.25) is 0 Å². The molecule has 0 unspecified atom stereocenters. The Morgan fingerprint density at radius 1 is 1.08 bits per heavy atom. The molecule has 0 bridgehead atoms. The van der Waals surface area contributed by atoms with Gasteiger partial charge in [0.05, 0.1) is 12.2 Å². The first kappa shape index (κ1) is 15.4. The normalized spacial score (nSPS) is 22.0. The molecule has 2 aliphatic rings. The predicted octanol–water partition coefficient (Wildman–Crippen LogP) is 2.63. The van der Waals surface area contributed by atoms with Crippen molar-refractivity contribution in [2.75, 3.05) is 4.90 Å². The lowest BCUT2D eigenvalue weighted by Gasteiger charge is -2.20. The molecule has 7 heteroatoms. The third-order valence-electron chi connectivity index (χ3n) is 4.38. The topological polar surface area (TPSA) is 65.3 Å². The van der Waals surface area contributed by atoms with E-state index in [-0.39, 0.29) is 24.2 Å². The first-order chi connectivity index (χ1) is 12.0. The van der Waals surface area contributed by atoms with Crippen molar-refractivity contribution in [2.45, 2.75) is 25.6 Å². The summed E-state index contributed by atoms with van der Waals surface area (Å²) < 4.78 is 13.4. The molecular weight excluding hydrogens is 323 g/mol. The van der Waals surface area contributed by atoms with Crippen molar-refractivity contribution in [3.8, 4) is 0 Å². The van der Waals surface area contributed by atoms with Crippen LogP contribution in [-0.2, 0) is 16.1 Å². The quantitative estimate of drug-likeness (QED) is 0.808. The maximum Gasteiger partial charge on any atom is 0.263 e. The van der Waals surface area contributed by atoms with Crippen molar-refractivity contribution in [3.05, 3.63) is 65.5 Å². The molecule has 0 aromatic heterocycles. The van der Waals surface area contributed by atoms with E-state index >= 15 is 0 Å². The van der Waals surface area contributed by atoms with Crippen LogP contribution >= 0.6 is 0 Å². The Labute approximate surface area is 143 Å². The molecule has 0 saturated carbocycles. The second-order valence-corrected chi connectivity index (χ2v) is 6.17. The molecule has 0 N–H and O–H groups in total. The molecule has 126 valence electrons. The van der Waals surface area contributed by atoms with Gasteiger partial charge in [-0.3, -0.25) is 14.6 Å². The number of rotatable bonds is 3. The summed E-state index contributed by atoms with van der Waals surface area (Å²) in [4.78, 5) is 26.6. The molecule has 25 heavy (non-hydrogen) atoms. The van der Waals surface area contributed by atoms with Crippen molar-refractivity contribution in [1.82, 2.24) is 5.01 Å². The molecule has 4 rings (SSSR count). The highest BCUT2D eigenvalue weighted by molar-refractivity contribution is 6.25. The number of hydrogen-bond acceptors (Lipinski definition) is 5. The number of benzene rings is 2. The van der Waals surface area contributed by atoms with E-state index in [4.69, 9.17) is 0 Å². The second-order valence-electron chi connectivity index (χ2n) is 6.17. The van der Waals surface area contributed by atoms with E-state index < -0.39 is 12.1 Å². The van der Waals surface area contributed by atoms with Gasteiger partial charge < -0.3 is 0 Å². The standard InChI is InChI=1S/C18H15FN4O2/c1-11-5-7-14(8-6-11)23-17(24)15-16(18(23)25)22(21-20-15)10-12-3-2-4-13(19)9-12/h2-9,15-16H,10H2,1H3/t15-,16+/m1/s1. The van der Waals surface area contributed by atoms with Crippen LogP contribution in [0.2, 0.25) is 0 Å². The van der Waals surface area contributed by atoms with E-state index in [1.807, 2.05) is 19.1 Å². The largest absolute Gasteiger partial charge is 0.271 e.